The number of hydrogen-bond acceptors (Lipinski definition) is 3. The Morgan fingerprint density at radius 3 is 2.12 bits per heavy atom. The van der Waals surface area contributed by atoms with E-state index in [0.29, 0.717) is 6.04 Å². The van der Waals surface area contributed by atoms with Crippen molar-refractivity contribution in [3.8, 4) is 0 Å². The summed E-state index contributed by atoms with van der Waals surface area (Å²) in [6, 6.07) is 0.458. The van der Waals surface area contributed by atoms with E-state index in [-0.39, 0.29) is 0 Å². The molecule has 0 aromatic rings. The van der Waals surface area contributed by atoms with Gasteiger partial charge in [0.25, 0.3) is 0 Å². The lowest BCUT2D eigenvalue weighted by molar-refractivity contribution is 0.168. The van der Waals surface area contributed by atoms with Crippen molar-refractivity contribution in [2.45, 2.75) is 52.5 Å². The summed E-state index contributed by atoms with van der Waals surface area (Å²) >= 11 is 0. The molecule has 0 bridgehead atoms. The molecule has 0 aromatic carbocycles. The SMILES string of the molecule is CCCCN(CCCC)CCNC(C)COC. The molecule has 0 aliphatic rings. The third-order valence-electron chi connectivity index (χ3n) is 2.99. The lowest BCUT2D eigenvalue weighted by atomic mass is 10.2. The van der Waals surface area contributed by atoms with Crippen LogP contribution >= 0.6 is 0 Å². The summed E-state index contributed by atoms with van der Waals surface area (Å²) in [6.45, 7) is 12.2. The third-order valence-corrected chi connectivity index (χ3v) is 2.99. The highest BCUT2D eigenvalue weighted by Gasteiger charge is 2.05. The maximum Gasteiger partial charge on any atom is 0.0613 e. The van der Waals surface area contributed by atoms with E-state index in [2.05, 4.69) is 31.0 Å². The summed E-state index contributed by atoms with van der Waals surface area (Å²) in [4.78, 5) is 2.58. The molecule has 1 N–H and O–H groups in total. The first-order valence-electron chi connectivity index (χ1n) is 7.19. The fourth-order valence-electron chi connectivity index (χ4n) is 1.88. The zero-order chi connectivity index (χ0) is 12.9. The van der Waals surface area contributed by atoms with E-state index >= 15 is 0 Å². The number of methoxy groups -OCH3 is 1. The molecule has 0 rings (SSSR count). The molecule has 1 unspecified atom stereocenters. The van der Waals surface area contributed by atoms with E-state index in [0.717, 1.165) is 19.7 Å². The molecule has 1 atom stereocenters. The largest absolute Gasteiger partial charge is 0.383 e. The van der Waals surface area contributed by atoms with Crippen molar-refractivity contribution < 1.29 is 4.74 Å². The van der Waals surface area contributed by atoms with Crippen LogP contribution in [0.2, 0.25) is 0 Å². The van der Waals surface area contributed by atoms with Crippen LogP contribution in [0.5, 0.6) is 0 Å². The first kappa shape index (κ1) is 16.9. The average molecular weight is 244 g/mol. The topological polar surface area (TPSA) is 24.5 Å². The van der Waals surface area contributed by atoms with Gasteiger partial charge in [0.2, 0.25) is 0 Å². The summed E-state index contributed by atoms with van der Waals surface area (Å²) in [6.07, 6.45) is 5.21. The molecule has 0 aliphatic carbocycles. The Morgan fingerprint density at radius 1 is 1.06 bits per heavy atom. The van der Waals surface area contributed by atoms with E-state index in [1.807, 2.05) is 0 Å². The minimum atomic E-state index is 0.458. The molecular formula is C14H32N2O. The lowest BCUT2D eigenvalue weighted by Crippen LogP contribution is -2.38. The van der Waals surface area contributed by atoms with Crippen LogP contribution in [0, 0.1) is 0 Å². The number of rotatable bonds is 12. The summed E-state index contributed by atoms with van der Waals surface area (Å²) in [7, 11) is 1.76. The van der Waals surface area contributed by atoms with Gasteiger partial charge in [-0.05, 0) is 32.9 Å². The second-order valence-electron chi connectivity index (χ2n) is 4.86. The van der Waals surface area contributed by atoms with Crippen LogP contribution in [0.15, 0.2) is 0 Å². The van der Waals surface area contributed by atoms with Gasteiger partial charge in [0.05, 0.1) is 6.61 Å². The van der Waals surface area contributed by atoms with Gasteiger partial charge < -0.3 is 15.0 Å². The monoisotopic (exact) mass is 244 g/mol. The second kappa shape index (κ2) is 12.3. The van der Waals surface area contributed by atoms with Crippen LogP contribution in [-0.2, 0) is 4.74 Å². The molecule has 0 radical (unpaired) electrons. The molecule has 3 nitrogen and oxygen atoms in total. The van der Waals surface area contributed by atoms with Crippen molar-refractivity contribution >= 4 is 0 Å². The molecule has 0 aliphatic heterocycles. The average Bonchev–Trinajstić information content (AvgIpc) is 2.32. The molecule has 0 saturated carbocycles. The highest BCUT2D eigenvalue weighted by atomic mass is 16.5. The van der Waals surface area contributed by atoms with Gasteiger partial charge in [-0.25, -0.2) is 0 Å². The van der Waals surface area contributed by atoms with Gasteiger partial charge >= 0.3 is 0 Å². The van der Waals surface area contributed by atoms with Crippen molar-refractivity contribution in [3.63, 3.8) is 0 Å². The third kappa shape index (κ3) is 10.7. The van der Waals surface area contributed by atoms with E-state index < -0.39 is 0 Å². The molecule has 104 valence electrons. The van der Waals surface area contributed by atoms with Gasteiger partial charge in [0, 0.05) is 26.2 Å². The second-order valence-corrected chi connectivity index (χ2v) is 4.86. The number of ether oxygens (including phenoxy) is 1. The Hall–Kier alpha value is -0.120. The van der Waals surface area contributed by atoms with Crippen molar-refractivity contribution in [2.75, 3.05) is 39.9 Å². The Labute approximate surface area is 108 Å². The van der Waals surface area contributed by atoms with Gasteiger partial charge in [-0.15, -0.1) is 0 Å². The molecule has 0 heterocycles. The predicted octanol–water partition coefficient (Wildman–Crippen LogP) is 2.51. The highest BCUT2D eigenvalue weighted by molar-refractivity contribution is 4.63. The summed E-state index contributed by atoms with van der Waals surface area (Å²) < 4.78 is 5.11. The summed E-state index contributed by atoms with van der Waals surface area (Å²) in [5.74, 6) is 0. The fraction of sp³-hybridized carbons (Fsp3) is 1.00. The van der Waals surface area contributed by atoms with Gasteiger partial charge in [0.1, 0.15) is 0 Å². The Morgan fingerprint density at radius 2 is 1.65 bits per heavy atom. The first-order valence-corrected chi connectivity index (χ1v) is 7.19. The smallest absolute Gasteiger partial charge is 0.0613 e. The van der Waals surface area contributed by atoms with Gasteiger partial charge in [-0.3, -0.25) is 0 Å². The fourth-order valence-corrected chi connectivity index (χ4v) is 1.88. The Bertz CT molecular complexity index is 145. The van der Waals surface area contributed by atoms with Crippen molar-refractivity contribution in [1.29, 1.82) is 0 Å². The van der Waals surface area contributed by atoms with Crippen molar-refractivity contribution in [2.24, 2.45) is 0 Å². The zero-order valence-electron chi connectivity index (χ0n) is 12.3. The van der Waals surface area contributed by atoms with E-state index in [1.165, 1.54) is 38.8 Å². The highest BCUT2D eigenvalue weighted by Crippen LogP contribution is 1.98. The molecule has 0 spiro atoms. The van der Waals surface area contributed by atoms with Gasteiger partial charge in [0.15, 0.2) is 0 Å². The van der Waals surface area contributed by atoms with E-state index in [4.69, 9.17) is 4.74 Å². The number of unbranched alkanes of at least 4 members (excludes halogenated alkanes) is 2. The molecule has 17 heavy (non-hydrogen) atoms. The van der Waals surface area contributed by atoms with Crippen LogP contribution in [0.4, 0.5) is 0 Å². The maximum atomic E-state index is 5.11. The van der Waals surface area contributed by atoms with Crippen LogP contribution in [0.25, 0.3) is 0 Å². The van der Waals surface area contributed by atoms with Gasteiger partial charge in [-0.2, -0.15) is 0 Å². The predicted molar refractivity (Wildman–Crippen MR) is 75.6 cm³/mol. The molecule has 3 heteroatoms. The standard InChI is InChI=1S/C14H32N2O/c1-5-7-10-16(11-8-6-2)12-9-15-14(3)13-17-4/h14-15H,5-13H2,1-4H3. The molecule has 0 saturated heterocycles. The van der Waals surface area contributed by atoms with Crippen LogP contribution in [0.1, 0.15) is 46.5 Å². The minimum absolute atomic E-state index is 0.458. The quantitative estimate of drug-likeness (QED) is 0.571. The number of hydrogen-bond donors (Lipinski definition) is 1. The van der Waals surface area contributed by atoms with Crippen LogP contribution in [0.3, 0.4) is 0 Å². The number of nitrogens with zero attached hydrogens (tertiary/aromatic N) is 1. The number of nitrogens with one attached hydrogen (secondary N) is 1. The van der Waals surface area contributed by atoms with E-state index in [1.54, 1.807) is 7.11 Å². The maximum absolute atomic E-state index is 5.11. The Balaban J connectivity index is 3.65. The normalized spacial score (nSPS) is 13.2. The molecule has 0 aromatic heterocycles. The van der Waals surface area contributed by atoms with E-state index in [9.17, 15) is 0 Å². The summed E-state index contributed by atoms with van der Waals surface area (Å²) in [5.41, 5.74) is 0. The van der Waals surface area contributed by atoms with Crippen molar-refractivity contribution in [1.82, 2.24) is 10.2 Å². The molecule has 0 fully saturated rings. The lowest BCUT2D eigenvalue weighted by Gasteiger charge is -2.23. The van der Waals surface area contributed by atoms with Gasteiger partial charge in [-0.1, -0.05) is 26.7 Å². The molecule has 0 amide bonds. The summed E-state index contributed by atoms with van der Waals surface area (Å²) in [5, 5.41) is 3.50. The molecular weight excluding hydrogens is 212 g/mol. The van der Waals surface area contributed by atoms with Crippen LogP contribution in [-0.4, -0.2) is 50.8 Å². The Kier molecular flexibility index (Phi) is 12.3. The minimum Gasteiger partial charge on any atom is -0.383 e. The van der Waals surface area contributed by atoms with Crippen LogP contribution < -0.4 is 5.32 Å². The zero-order valence-corrected chi connectivity index (χ0v) is 12.3. The van der Waals surface area contributed by atoms with Crippen molar-refractivity contribution in [3.05, 3.63) is 0 Å². The first-order chi connectivity index (χ1) is 8.24.